The van der Waals surface area contributed by atoms with Crippen molar-refractivity contribution < 1.29 is 8.42 Å². The fraction of sp³-hybridized carbons (Fsp3) is 0.500. The molecule has 3 aromatic rings. The first-order chi connectivity index (χ1) is 14.9. The van der Waals surface area contributed by atoms with E-state index in [-0.39, 0.29) is 5.92 Å². The number of nitrogens with zero attached hydrogens (tertiary/aromatic N) is 5. The van der Waals surface area contributed by atoms with Crippen LogP contribution in [-0.4, -0.2) is 58.0 Å². The van der Waals surface area contributed by atoms with Gasteiger partial charge in [-0.05, 0) is 38.3 Å². The number of hydrogen-bond donors (Lipinski definition) is 1. The lowest BCUT2D eigenvalue weighted by molar-refractivity contribution is 0.425. The molecule has 31 heavy (non-hydrogen) atoms. The van der Waals surface area contributed by atoms with Crippen molar-refractivity contribution in [3.8, 4) is 0 Å². The van der Waals surface area contributed by atoms with Crippen LogP contribution in [0.1, 0.15) is 49.1 Å². The molecule has 0 amide bonds. The third-order valence-corrected chi connectivity index (χ3v) is 8.01. The Morgan fingerprint density at radius 3 is 2.84 bits per heavy atom. The van der Waals surface area contributed by atoms with Gasteiger partial charge < -0.3 is 9.88 Å². The number of aromatic amines is 1. The van der Waals surface area contributed by atoms with Gasteiger partial charge in [-0.3, -0.25) is 0 Å². The average Bonchev–Trinajstić information content (AvgIpc) is 3.08. The Hall–Kier alpha value is -2.52. The van der Waals surface area contributed by atoms with Gasteiger partial charge in [-0.25, -0.2) is 27.7 Å². The summed E-state index contributed by atoms with van der Waals surface area (Å²) < 4.78 is 25.6. The van der Waals surface area contributed by atoms with Gasteiger partial charge in [0.15, 0.2) is 0 Å². The number of rotatable bonds is 3. The topological polar surface area (TPSA) is 95.1 Å². The van der Waals surface area contributed by atoms with Crippen LogP contribution in [-0.2, 0) is 23.0 Å². The first-order valence-corrected chi connectivity index (χ1v) is 12.7. The highest BCUT2D eigenvalue weighted by Crippen LogP contribution is 2.36. The summed E-state index contributed by atoms with van der Waals surface area (Å²) >= 11 is 0. The third kappa shape index (κ3) is 3.80. The highest BCUT2D eigenvalue weighted by molar-refractivity contribution is 7.88. The van der Waals surface area contributed by atoms with Gasteiger partial charge >= 0.3 is 0 Å². The van der Waals surface area contributed by atoms with Gasteiger partial charge in [0.25, 0.3) is 0 Å². The number of fused-ring (bicyclic) bond motifs is 2. The van der Waals surface area contributed by atoms with Crippen molar-refractivity contribution >= 4 is 26.7 Å². The molecule has 0 saturated carbocycles. The Morgan fingerprint density at radius 2 is 2.00 bits per heavy atom. The minimum Gasteiger partial charge on any atom is -0.363 e. The second-order valence-corrected chi connectivity index (χ2v) is 10.7. The molecule has 2 atom stereocenters. The number of anilines is 1. The molecule has 8 nitrogen and oxygen atoms in total. The van der Waals surface area contributed by atoms with Crippen LogP contribution >= 0.6 is 0 Å². The third-order valence-electron chi connectivity index (χ3n) is 6.71. The fourth-order valence-corrected chi connectivity index (χ4v) is 5.97. The molecule has 2 aliphatic rings. The Bertz CT molecular complexity index is 1210. The first-order valence-electron chi connectivity index (χ1n) is 10.9. The second kappa shape index (κ2) is 7.87. The number of H-pyrrole nitrogens is 1. The molecular formula is C22H28N6O2S. The zero-order valence-corrected chi connectivity index (χ0v) is 18.8. The van der Waals surface area contributed by atoms with E-state index in [0.29, 0.717) is 19.1 Å². The van der Waals surface area contributed by atoms with Crippen LogP contribution in [0.2, 0.25) is 0 Å². The van der Waals surface area contributed by atoms with E-state index < -0.39 is 10.0 Å². The Labute approximate surface area is 182 Å². The van der Waals surface area contributed by atoms with E-state index in [9.17, 15) is 8.42 Å². The monoisotopic (exact) mass is 440 g/mol. The number of hydrogen-bond acceptors (Lipinski definition) is 6. The summed E-state index contributed by atoms with van der Waals surface area (Å²) in [5, 5.41) is 1.12. The minimum absolute atomic E-state index is 0.253. The maximum Gasteiger partial charge on any atom is 0.211 e. The molecule has 0 aliphatic carbocycles. The van der Waals surface area contributed by atoms with Crippen molar-refractivity contribution in [2.75, 3.05) is 24.2 Å². The molecule has 2 aliphatic heterocycles. The summed E-state index contributed by atoms with van der Waals surface area (Å²) in [4.78, 5) is 19.4. The van der Waals surface area contributed by atoms with Gasteiger partial charge in [-0.2, -0.15) is 0 Å². The summed E-state index contributed by atoms with van der Waals surface area (Å²) in [7, 11) is -3.16. The van der Waals surface area contributed by atoms with Crippen LogP contribution < -0.4 is 4.90 Å². The lowest BCUT2D eigenvalue weighted by atomic mass is 9.89. The van der Waals surface area contributed by atoms with Crippen LogP contribution in [0.4, 0.5) is 5.69 Å². The minimum atomic E-state index is -3.16. The molecule has 5 heterocycles. The molecule has 1 fully saturated rings. The van der Waals surface area contributed by atoms with Crippen molar-refractivity contribution in [1.82, 2.24) is 24.2 Å². The predicted molar refractivity (Wildman–Crippen MR) is 120 cm³/mol. The summed E-state index contributed by atoms with van der Waals surface area (Å²) in [6, 6.07) is 4.47. The first kappa shape index (κ1) is 20.4. The van der Waals surface area contributed by atoms with E-state index >= 15 is 0 Å². The largest absolute Gasteiger partial charge is 0.363 e. The van der Waals surface area contributed by atoms with E-state index in [2.05, 4.69) is 38.9 Å². The van der Waals surface area contributed by atoms with E-state index in [4.69, 9.17) is 4.98 Å². The SMILES string of the molecule is C[C@@H]1Cc2ncnc(C3CCCN(S(C)(=O)=O)CC3)c2CN1c1ccnc2[nH]ccc12. The smallest absolute Gasteiger partial charge is 0.211 e. The standard InChI is InChI=1S/C22H28N6O2S/c1-15-12-19-18(13-28(15)20-6-9-24-22-17(20)5-8-23-22)21(26-14-25-19)16-4-3-10-27(11-7-16)31(2,29)30/h5-6,8-9,14-16H,3-4,7,10-13H2,1-2H3,(H,23,24)/t15-,16?/m1/s1. The lowest BCUT2D eigenvalue weighted by Crippen LogP contribution is -2.40. The second-order valence-electron chi connectivity index (χ2n) is 8.73. The van der Waals surface area contributed by atoms with Gasteiger partial charge in [-0.15, -0.1) is 0 Å². The summed E-state index contributed by atoms with van der Waals surface area (Å²) in [5.41, 5.74) is 5.49. The number of pyridine rings is 1. The summed E-state index contributed by atoms with van der Waals surface area (Å²) in [6.07, 6.45) is 10.2. The average molecular weight is 441 g/mol. The Morgan fingerprint density at radius 1 is 1.13 bits per heavy atom. The van der Waals surface area contributed by atoms with Crippen molar-refractivity contribution in [2.45, 2.75) is 51.1 Å². The molecule has 5 rings (SSSR count). The Kier molecular flexibility index (Phi) is 5.18. The molecule has 0 aromatic carbocycles. The summed E-state index contributed by atoms with van der Waals surface area (Å²) in [6.45, 7) is 4.13. The van der Waals surface area contributed by atoms with Gasteiger partial charge in [-0.1, -0.05) is 0 Å². The molecule has 1 unspecified atom stereocenters. The van der Waals surface area contributed by atoms with Crippen molar-refractivity contribution in [2.24, 2.45) is 0 Å². The van der Waals surface area contributed by atoms with Crippen molar-refractivity contribution in [1.29, 1.82) is 0 Å². The van der Waals surface area contributed by atoms with Crippen LogP contribution in [0.3, 0.4) is 0 Å². The maximum absolute atomic E-state index is 12.0. The van der Waals surface area contributed by atoms with Crippen LogP contribution in [0, 0.1) is 0 Å². The van der Waals surface area contributed by atoms with Crippen LogP contribution in [0.25, 0.3) is 11.0 Å². The molecule has 1 N–H and O–H groups in total. The van der Waals surface area contributed by atoms with Gasteiger partial charge in [0, 0.05) is 67.0 Å². The molecule has 1 saturated heterocycles. The summed E-state index contributed by atoms with van der Waals surface area (Å²) in [5.74, 6) is 0.253. The predicted octanol–water partition coefficient (Wildman–Crippen LogP) is 2.83. The van der Waals surface area contributed by atoms with Crippen molar-refractivity contribution in [3.05, 3.63) is 47.8 Å². The molecule has 0 spiro atoms. The van der Waals surface area contributed by atoms with Crippen LogP contribution in [0.15, 0.2) is 30.9 Å². The number of aromatic nitrogens is 4. The number of nitrogens with one attached hydrogen (secondary N) is 1. The van der Waals surface area contributed by atoms with Crippen molar-refractivity contribution in [3.63, 3.8) is 0 Å². The van der Waals surface area contributed by atoms with E-state index in [0.717, 1.165) is 54.6 Å². The van der Waals surface area contributed by atoms with Crippen LogP contribution in [0.5, 0.6) is 0 Å². The van der Waals surface area contributed by atoms with E-state index in [1.165, 1.54) is 17.5 Å². The molecule has 0 bridgehead atoms. The quantitative estimate of drug-likeness (QED) is 0.673. The molecule has 3 aromatic heterocycles. The lowest BCUT2D eigenvalue weighted by Gasteiger charge is -2.37. The van der Waals surface area contributed by atoms with Gasteiger partial charge in [0.05, 0.1) is 17.6 Å². The van der Waals surface area contributed by atoms with Gasteiger partial charge in [0.1, 0.15) is 12.0 Å². The highest BCUT2D eigenvalue weighted by atomic mass is 32.2. The molecular weight excluding hydrogens is 412 g/mol. The van der Waals surface area contributed by atoms with E-state index in [1.807, 2.05) is 12.4 Å². The van der Waals surface area contributed by atoms with Gasteiger partial charge in [0.2, 0.25) is 10.0 Å². The maximum atomic E-state index is 12.0. The highest BCUT2D eigenvalue weighted by Gasteiger charge is 2.31. The Balaban J connectivity index is 1.48. The number of sulfonamides is 1. The molecule has 9 heteroatoms. The fourth-order valence-electron chi connectivity index (χ4n) is 5.08. The zero-order chi connectivity index (χ0) is 21.6. The zero-order valence-electron chi connectivity index (χ0n) is 18.0. The molecule has 164 valence electrons. The van der Waals surface area contributed by atoms with E-state index in [1.54, 1.807) is 10.6 Å². The normalized spacial score (nSPS) is 23.0. The molecule has 0 radical (unpaired) electrons.